The van der Waals surface area contributed by atoms with Gasteiger partial charge in [0.25, 0.3) is 5.56 Å². The number of hydrogen-bond acceptors (Lipinski definition) is 6. The largest absolute Gasteiger partial charge is 0.326 e. The summed E-state index contributed by atoms with van der Waals surface area (Å²) in [4.78, 5) is 34.0. The quantitative estimate of drug-likeness (QED) is 0.453. The maximum absolute atomic E-state index is 12.6. The normalized spacial score (nSPS) is 15.2. The summed E-state index contributed by atoms with van der Waals surface area (Å²) in [6, 6.07) is 15.3. The molecule has 3 heterocycles. The lowest BCUT2D eigenvalue weighted by Gasteiger charge is -2.13. The fourth-order valence-corrected chi connectivity index (χ4v) is 5.95. The number of aryl methyl sites for hydroxylation is 2. The molecule has 0 spiro atoms. The van der Waals surface area contributed by atoms with Crippen molar-refractivity contribution in [1.82, 2.24) is 14.5 Å². The average molecular weight is 449 g/mol. The highest BCUT2D eigenvalue weighted by molar-refractivity contribution is 7.99. The zero-order valence-corrected chi connectivity index (χ0v) is 18.7. The van der Waals surface area contributed by atoms with Gasteiger partial charge in [-0.1, -0.05) is 17.8 Å². The van der Waals surface area contributed by atoms with E-state index in [-0.39, 0.29) is 23.9 Å². The van der Waals surface area contributed by atoms with E-state index >= 15 is 0 Å². The number of aromatic nitrogens is 3. The Bertz CT molecular complexity index is 1360. The standard InChI is InChI=1S/C23H20N4O2S2/c1-13-3-8-18-19(9-13)31-22(26-18)15-4-6-16(7-5-15)25-20(28)11-17-12-30-23-24-14(2)10-21(29)27(17)23/h3-10,17H,11-12H2,1-2H3,(H,25,28)/t17-/m1/s1. The van der Waals surface area contributed by atoms with E-state index in [2.05, 4.69) is 29.4 Å². The molecule has 156 valence electrons. The number of fused-ring (bicyclic) bond motifs is 2. The zero-order valence-electron chi connectivity index (χ0n) is 17.1. The number of anilines is 1. The fraction of sp³-hybridized carbons (Fsp3) is 0.217. The Balaban J connectivity index is 1.28. The van der Waals surface area contributed by atoms with Crippen LogP contribution in [0.3, 0.4) is 0 Å². The first-order valence-electron chi connectivity index (χ1n) is 9.97. The summed E-state index contributed by atoms with van der Waals surface area (Å²) >= 11 is 3.18. The summed E-state index contributed by atoms with van der Waals surface area (Å²) in [5.41, 5.74) is 4.57. The SMILES string of the molecule is Cc1ccc2nc(-c3ccc(NC(=O)C[C@@H]4CSc5nc(C)cc(=O)n54)cc3)sc2c1. The van der Waals surface area contributed by atoms with E-state index in [1.54, 1.807) is 15.9 Å². The van der Waals surface area contributed by atoms with Crippen LogP contribution in [-0.4, -0.2) is 26.2 Å². The lowest BCUT2D eigenvalue weighted by molar-refractivity contribution is -0.116. The van der Waals surface area contributed by atoms with E-state index in [1.165, 1.54) is 28.1 Å². The van der Waals surface area contributed by atoms with Gasteiger partial charge in [-0.25, -0.2) is 9.97 Å². The molecule has 4 aromatic rings. The lowest BCUT2D eigenvalue weighted by Crippen LogP contribution is -2.27. The third-order valence-electron chi connectivity index (χ3n) is 5.20. The van der Waals surface area contributed by atoms with Crippen molar-refractivity contribution < 1.29 is 4.79 Å². The number of nitrogens with one attached hydrogen (secondary N) is 1. The molecule has 0 saturated heterocycles. The third kappa shape index (κ3) is 4.00. The number of thiazole rings is 1. The highest BCUT2D eigenvalue weighted by Gasteiger charge is 2.27. The van der Waals surface area contributed by atoms with Crippen LogP contribution in [0.1, 0.15) is 23.7 Å². The maximum Gasteiger partial charge on any atom is 0.254 e. The first-order valence-corrected chi connectivity index (χ1v) is 11.8. The summed E-state index contributed by atoms with van der Waals surface area (Å²) in [6.07, 6.45) is 0.240. The highest BCUT2D eigenvalue weighted by Crippen LogP contribution is 2.33. The van der Waals surface area contributed by atoms with Gasteiger partial charge in [0, 0.05) is 35.2 Å². The van der Waals surface area contributed by atoms with E-state index < -0.39 is 0 Å². The molecule has 1 atom stereocenters. The van der Waals surface area contributed by atoms with Crippen molar-refractivity contribution in [3.8, 4) is 10.6 Å². The predicted octanol–water partition coefficient (Wildman–Crippen LogP) is 4.81. The minimum Gasteiger partial charge on any atom is -0.326 e. The Morgan fingerprint density at radius 3 is 2.74 bits per heavy atom. The molecule has 6 nitrogen and oxygen atoms in total. The van der Waals surface area contributed by atoms with Gasteiger partial charge in [-0.2, -0.15) is 0 Å². The van der Waals surface area contributed by atoms with Gasteiger partial charge in [-0.05, 0) is 55.8 Å². The Hall–Kier alpha value is -2.97. The maximum atomic E-state index is 12.6. The number of amides is 1. The van der Waals surface area contributed by atoms with Crippen molar-refractivity contribution in [3.63, 3.8) is 0 Å². The molecule has 1 aliphatic rings. The molecular weight excluding hydrogens is 428 g/mol. The monoisotopic (exact) mass is 448 g/mol. The molecule has 31 heavy (non-hydrogen) atoms. The second kappa shape index (κ2) is 7.94. The van der Waals surface area contributed by atoms with Gasteiger partial charge in [-0.15, -0.1) is 11.3 Å². The second-order valence-electron chi connectivity index (χ2n) is 7.67. The average Bonchev–Trinajstić information content (AvgIpc) is 3.32. The van der Waals surface area contributed by atoms with Crippen LogP contribution in [0.5, 0.6) is 0 Å². The molecule has 0 unspecified atom stereocenters. The Morgan fingerprint density at radius 2 is 1.94 bits per heavy atom. The molecule has 0 aliphatic carbocycles. The van der Waals surface area contributed by atoms with E-state index in [9.17, 15) is 9.59 Å². The summed E-state index contributed by atoms with van der Waals surface area (Å²) in [5.74, 6) is 0.559. The first kappa shape index (κ1) is 20.0. The van der Waals surface area contributed by atoms with Gasteiger partial charge in [0.15, 0.2) is 5.16 Å². The summed E-state index contributed by atoms with van der Waals surface area (Å²) in [5, 5.41) is 4.59. The van der Waals surface area contributed by atoms with E-state index in [0.717, 1.165) is 21.8 Å². The van der Waals surface area contributed by atoms with E-state index in [4.69, 9.17) is 4.98 Å². The first-order chi connectivity index (χ1) is 15.0. The Morgan fingerprint density at radius 1 is 1.13 bits per heavy atom. The molecule has 1 aliphatic heterocycles. The van der Waals surface area contributed by atoms with Crippen molar-refractivity contribution in [1.29, 1.82) is 0 Å². The van der Waals surface area contributed by atoms with Gasteiger partial charge in [0.1, 0.15) is 5.01 Å². The lowest BCUT2D eigenvalue weighted by atomic mass is 10.2. The number of carbonyl (C=O) groups is 1. The van der Waals surface area contributed by atoms with Crippen LogP contribution in [0.25, 0.3) is 20.8 Å². The molecular formula is C23H20N4O2S2. The Labute approximate surface area is 187 Å². The molecule has 8 heteroatoms. The number of thioether (sulfide) groups is 1. The molecule has 1 amide bonds. The van der Waals surface area contributed by atoms with Gasteiger partial charge in [0.05, 0.1) is 16.3 Å². The number of hydrogen-bond donors (Lipinski definition) is 1. The fourth-order valence-electron chi connectivity index (χ4n) is 3.69. The molecule has 0 fully saturated rings. The molecule has 2 aromatic heterocycles. The van der Waals surface area contributed by atoms with Crippen LogP contribution in [0.15, 0.2) is 58.5 Å². The third-order valence-corrected chi connectivity index (χ3v) is 7.36. The Kier molecular flexibility index (Phi) is 5.11. The number of carbonyl (C=O) groups excluding carboxylic acids is 1. The molecule has 0 saturated carbocycles. The molecule has 1 N–H and O–H groups in total. The van der Waals surface area contributed by atoms with Crippen molar-refractivity contribution in [2.45, 2.75) is 31.5 Å². The molecule has 0 radical (unpaired) electrons. The summed E-state index contributed by atoms with van der Waals surface area (Å²) < 4.78 is 2.80. The highest BCUT2D eigenvalue weighted by atomic mass is 32.2. The number of rotatable bonds is 4. The van der Waals surface area contributed by atoms with Crippen LogP contribution in [0, 0.1) is 13.8 Å². The number of benzene rings is 2. The van der Waals surface area contributed by atoms with Crippen LogP contribution >= 0.6 is 23.1 Å². The zero-order chi connectivity index (χ0) is 21.5. The van der Waals surface area contributed by atoms with Gasteiger partial charge < -0.3 is 5.32 Å². The van der Waals surface area contributed by atoms with Gasteiger partial charge >= 0.3 is 0 Å². The second-order valence-corrected chi connectivity index (χ2v) is 9.69. The van der Waals surface area contributed by atoms with Crippen molar-refractivity contribution in [3.05, 3.63) is 70.1 Å². The number of nitrogens with zero attached hydrogens (tertiary/aromatic N) is 3. The summed E-state index contributed by atoms with van der Waals surface area (Å²) in [6.45, 7) is 3.88. The van der Waals surface area contributed by atoms with E-state index in [0.29, 0.717) is 16.6 Å². The molecule has 2 aromatic carbocycles. The van der Waals surface area contributed by atoms with E-state index in [1.807, 2.05) is 37.3 Å². The molecule has 5 rings (SSSR count). The van der Waals surface area contributed by atoms with Gasteiger partial charge in [-0.3, -0.25) is 14.2 Å². The van der Waals surface area contributed by atoms with Crippen LogP contribution in [-0.2, 0) is 4.79 Å². The minimum absolute atomic E-state index is 0.0966. The topological polar surface area (TPSA) is 76.9 Å². The smallest absolute Gasteiger partial charge is 0.254 e. The molecule has 0 bridgehead atoms. The minimum atomic E-state index is -0.175. The van der Waals surface area contributed by atoms with Crippen molar-refractivity contribution in [2.24, 2.45) is 0 Å². The van der Waals surface area contributed by atoms with Crippen LogP contribution in [0.2, 0.25) is 0 Å². The van der Waals surface area contributed by atoms with Crippen molar-refractivity contribution >= 4 is 44.9 Å². The van der Waals surface area contributed by atoms with Crippen molar-refractivity contribution in [2.75, 3.05) is 11.1 Å². The van der Waals surface area contributed by atoms with Crippen LogP contribution in [0.4, 0.5) is 5.69 Å². The van der Waals surface area contributed by atoms with Gasteiger partial charge in [0.2, 0.25) is 5.91 Å². The van der Waals surface area contributed by atoms with Crippen LogP contribution < -0.4 is 10.9 Å². The summed E-state index contributed by atoms with van der Waals surface area (Å²) in [7, 11) is 0. The predicted molar refractivity (Wildman–Crippen MR) is 126 cm³/mol.